The molecule has 34 heavy (non-hydrogen) atoms. The average Bonchev–Trinajstić information content (AvgIpc) is 3.45. The van der Waals surface area contributed by atoms with E-state index in [9.17, 15) is 14.4 Å². The molecule has 0 saturated carbocycles. The lowest BCUT2D eigenvalue weighted by molar-refractivity contribution is -0.119. The number of ether oxygens (including phenoxy) is 1. The van der Waals surface area contributed by atoms with Gasteiger partial charge in [0, 0.05) is 22.6 Å². The molecule has 0 atom stereocenters. The van der Waals surface area contributed by atoms with E-state index in [-0.39, 0.29) is 11.2 Å². The van der Waals surface area contributed by atoms with Crippen LogP contribution in [-0.2, 0) is 22.3 Å². The second-order valence-electron chi connectivity index (χ2n) is 7.43. The highest BCUT2D eigenvalue weighted by molar-refractivity contribution is 7.98. The minimum Gasteiger partial charge on any atom is -0.452 e. The minimum atomic E-state index is -0.587. The number of esters is 1. The van der Waals surface area contributed by atoms with Gasteiger partial charge in [0.25, 0.3) is 11.5 Å². The maximum Gasteiger partial charge on any atom is 0.339 e. The Kier molecular flexibility index (Phi) is 7.34. The Hall–Kier alpha value is -3.56. The third kappa shape index (κ3) is 5.16. The molecule has 0 aliphatic rings. The molecule has 2 aromatic heterocycles. The van der Waals surface area contributed by atoms with Crippen LogP contribution >= 0.6 is 23.1 Å². The predicted octanol–water partition coefficient (Wildman–Crippen LogP) is 4.63. The van der Waals surface area contributed by atoms with Gasteiger partial charge in [-0.2, -0.15) is 0 Å². The summed E-state index contributed by atoms with van der Waals surface area (Å²) in [5, 5.41) is 4.61. The summed E-state index contributed by atoms with van der Waals surface area (Å²) >= 11 is 3.19. The summed E-state index contributed by atoms with van der Waals surface area (Å²) in [5.74, 6) is -0.428. The molecule has 0 saturated heterocycles. The first-order valence-electron chi connectivity index (χ1n) is 10.5. The molecule has 0 fully saturated rings. The van der Waals surface area contributed by atoms with Gasteiger partial charge in [0.15, 0.2) is 6.61 Å². The number of benzene rings is 2. The molecule has 2 aromatic carbocycles. The van der Waals surface area contributed by atoms with Crippen molar-refractivity contribution >= 4 is 40.7 Å². The minimum absolute atomic E-state index is 0.152. The van der Waals surface area contributed by atoms with Crippen LogP contribution in [0.2, 0.25) is 0 Å². The quantitative estimate of drug-likeness (QED) is 0.286. The summed E-state index contributed by atoms with van der Waals surface area (Å²) in [5.41, 5.74) is 1.46. The molecule has 4 aromatic rings. The zero-order chi connectivity index (χ0) is 24.1. The normalized spacial score (nSPS) is 10.8. The molecule has 1 N–H and O–H groups in total. The van der Waals surface area contributed by atoms with E-state index in [1.54, 1.807) is 42.1 Å². The Morgan fingerprint density at radius 1 is 1.03 bits per heavy atom. The van der Waals surface area contributed by atoms with Gasteiger partial charge in [-0.1, -0.05) is 36.4 Å². The number of hydrogen-bond donors (Lipinski definition) is 1. The van der Waals surface area contributed by atoms with Gasteiger partial charge in [0.2, 0.25) is 0 Å². The lowest BCUT2D eigenvalue weighted by Crippen LogP contribution is -2.26. The number of nitrogens with one attached hydrogen (secondary N) is 1. The summed E-state index contributed by atoms with van der Waals surface area (Å²) in [6.07, 6.45) is 0. The van der Waals surface area contributed by atoms with Gasteiger partial charge in [0.05, 0.1) is 16.9 Å². The Bertz CT molecular complexity index is 1360. The molecule has 0 bridgehead atoms. The van der Waals surface area contributed by atoms with E-state index in [2.05, 4.69) is 5.32 Å². The number of nitrogens with zero attached hydrogens (tertiary/aromatic N) is 2. The van der Waals surface area contributed by atoms with Crippen molar-refractivity contribution in [2.45, 2.75) is 17.6 Å². The number of rotatable bonds is 8. The number of thiophene rings is 1. The Balaban J connectivity index is 1.42. The summed E-state index contributed by atoms with van der Waals surface area (Å²) in [7, 11) is 1.74. The molecular weight excluding hydrogens is 470 g/mol. The van der Waals surface area contributed by atoms with Crippen LogP contribution in [-0.4, -0.2) is 27.8 Å². The molecule has 7 nitrogen and oxygen atoms in total. The first kappa shape index (κ1) is 23.6. The maximum atomic E-state index is 12.9. The SMILES string of the molecule is Cc1c(NC(=O)COC(=O)c2ccccc2SCc2cccs2)c(=O)n(-c2ccccc2)n1C. The van der Waals surface area contributed by atoms with E-state index in [1.807, 2.05) is 60.0 Å². The molecule has 0 unspecified atom stereocenters. The van der Waals surface area contributed by atoms with Gasteiger partial charge in [0.1, 0.15) is 5.69 Å². The van der Waals surface area contributed by atoms with E-state index in [0.717, 1.165) is 10.6 Å². The molecule has 4 rings (SSSR count). The van der Waals surface area contributed by atoms with Crippen LogP contribution in [0.3, 0.4) is 0 Å². The van der Waals surface area contributed by atoms with Crippen LogP contribution in [0, 0.1) is 6.92 Å². The van der Waals surface area contributed by atoms with Gasteiger partial charge in [-0.05, 0) is 42.6 Å². The highest BCUT2D eigenvalue weighted by Crippen LogP contribution is 2.28. The first-order chi connectivity index (χ1) is 16.5. The van der Waals surface area contributed by atoms with Crippen LogP contribution in [0.4, 0.5) is 5.69 Å². The van der Waals surface area contributed by atoms with Crippen molar-refractivity contribution in [2.24, 2.45) is 7.05 Å². The van der Waals surface area contributed by atoms with Crippen molar-refractivity contribution in [3.05, 3.63) is 98.6 Å². The van der Waals surface area contributed by atoms with Crippen molar-refractivity contribution in [2.75, 3.05) is 11.9 Å². The van der Waals surface area contributed by atoms with Crippen molar-refractivity contribution in [1.82, 2.24) is 9.36 Å². The number of carbonyl (C=O) groups is 2. The van der Waals surface area contributed by atoms with Crippen LogP contribution in [0.15, 0.2) is 81.8 Å². The number of thioether (sulfide) groups is 1. The highest BCUT2D eigenvalue weighted by Gasteiger charge is 2.20. The van der Waals surface area contributed by atoms with E-state index in [0.29, 0.717) is 16.9 Å². The molecule has 2 heterocycles. The van der Waals surface area contributed by atoms with Crippen LogP contribution in [0.25, 0.3) is 5.69 Å². The van der Waals surface area contributed by atoms with Crippen LogP contribution < -0.4 is 10.9 Å². The standard InChI is InChI=1S/C25H23N3O4S2/c1-17-23(24(30)28(27(17)2)18-9-4-3-5-10-18)26-22(29)15-32-25(31)20-12-6-7-13-21(20)34-16-19-11-8-14-33-19/h3-14H,15-16H2,1-2H3,(H,26,29). The lowest BCUT2D eigenvalue weighted by Gasteiger charge is -2.09. The predicted molar refractivity (Wildman–Crippen MR) is 135 cm³/mol. The van der Waals surface area contributed by atoms with Gasteiger partial charge < -0.3 is 10.1 Å². The third-order valence-corrected chi connectivity index (χ3v) is 7.39. The van der Waals surface area contributed by atoms with Crippen molar-refractivity contribution in [3.63, 3.8) is 0 Å². The second kappa shape index (κ2) is 10.6. The zero-order valence-electron chi connectivity index (χ0n) is 18.7. The summed E-state index contributed by atoms with van der Waals surface area (Å²) in [4.78, 5) is 40.1. The maximum absolute atomic E-state index is 12.9. The largest absolute Gasteiger partial charge is 0.452 e. The smallest absolute Gasteiger partial charge is 0.339 e. The molecule has 0 radical (unpaired) electrons. The summed E-state index contributed by atoms with van der Waals surface area (Å²) in [6.45, 7) is 1.24. The number of para-hydroxylation sites is 1. The van der Waals surface area contributed by atoms with Crippen LogP contribution in [0.1, 0.15) is 20.9 Å². The molecular formula is C25H23N3O4S2. The molecule has 0 aliphatic carbocycles. The van der Waals surface area contributed by atoms with Gasteiger partial charge in [-0.15, -0.1) is 23.1 Å². The average molecular weight is 494 g/mol. The number of hydrogen-bond acceptors (Lipinski definition) is 6. The fraction of sp³-hybridized carbons (Fsp3) is 0.160. The first-order valence-corrected chi connectivity index (χ1v) is 12.4. The number of aromatic nitrogens is 2. The van der Waals surface area contributed by atoms with E-state index < -0.39 is 18.5 Å². The monoisotopic (exact) mass is 493 g/mol. The number of amides is 1. The summed E-state index contributed by atoms with van der Waals surface area (Å²) in [6, 6.07) is 20.3. The van der Waals surface area contributed by atoms with Crippen molar-refractivity contribution in [1.29, 1.82) is 0 Å². The molecule has 0 spiro atoms. The van der Waals surface area contributed by atoms with E-state index in [1.165, 1.54) is 21.3 Å². The molecule has 174 valence electrons. The summed E-state index contributed by atoms with van der Waals surface area (Å²) < 4.78 is 8.40. The van der Waals surface area contributed by atoms with Crippen molar-refractivity contribution < 1.29 is 14.3 Å². The van der Waals surface area contributed by atoms with E-state index in [4.69, 9.17) is 4.74 Å². The molecule has 1 amide bonds. The van der Waals surface area contributed by atoms with Gasteiger partial charge >= 0.3 is 5.97 Å². The second-order valence-corrected chi connectivity index (χ2v) is 9.47. The fourth-order valence-electron chi connectivity index (χ4n) is 3.40. The molecule has 0 aliphatic heterocycles. The van der Waals surface area contributed by atoms with Gasteiger partial charge in [-0.25, -0.2) is 9.48 Å². The highest BCUT2D eigenvalue weighted by atomic mass is 32.2. The van der Waals surface area contributed by atoms with E-state index >= 15 is 0 Å². The van der Waals surface area contributed by atoms with Gasteiger partial charge in [-0.3, -0.25) is 14.3 Å². The zero-order valence-corrected chi connectivity index (χ0v) is 20.3. The number of carbonyl (C=O) groups excluding carboxylic acids is 2. The number of anilines is 1. The fourth-order valence-corrected chi connectivity index (χ4v) is 5.22. The topological polar surface area (TPSA) is 82.3 Å². The van der Waals surface area contributed by atoms with Crippen molar-refractivity contribution in [3.8, 4) is 5.69 Å². The molecule has 9 heteroatoms. The lowest BCUT2D eigenvalue weighted by atomic mass is 10.2. The third-order valence-electron chi connectivity index (χ3n) is 5.21. The van der Waals surface area contributed by atoms with Crippen LogP contribution in [0.5, 0.6) is 0 Å². The Morgan fingerprint density at radius 2 is 1.76 bits per heavy atom. The Labute approximate surface area is 205 Å². The Morgan fingerprint density at radius 3 is 2.50 bits per heavy atom.